The molecule has 5 rings (SSSR count). The Balaban J connectivity index is 1.22. The molecule has 2 amide bonds. The van der Waals surface area contributed by atoms with Gasteiger partial charge in [0.05, 0.1) is 6.26 Å². The lowest BCUT2D eigenvalue weighted by Gasteiger charge is -2.34. The van der Waals surface area contributed by atoms with Gasteiger partial charge in [-0.3, -0.25) is 9.59 Å². The van der Waals surface area contributed by atoms with E-state index in [1.165, 1.54) is 24.0 Å². The van der Waals surface area contributed by atoms with Gasteiger partial charge in [-0.25, -0.2) is 4.79 Å². The Morgan fingerprint density at radius 2 is 1.69 bits per heavy atom. The van der Waals surface area contributed by atoms with Crippen LogP contribution in [-0.2, 0) is 27.3 Å². The topological polar surface area (TPSA) is 92.1 Å². The van der Waals surface area contributed by atoms with Gasteiger partial charge in [-0.05, 0) is 60.4 Å². The minimum absolute atomic E-state index is 0.150. The molecular weight excluding hydrogens is 446 g/mol. The van der Waals surface area contributed by atoms with Crippen molar-refractivity contribution in [3.05, 3.63) is 83.8 Å². The number of fused-ring (bicyclic) bond motifs is 1. The number of carbonyl (C=O) groups excluding carboxylic acids is 3. The van der Waals surface area contributed by atoms with Gasteiger partial charge in [-0.15, -0.1) is 0 Å². The molecule has 3 heterocycles. The Kier molecular flexibility index (Phi) is 6.52. The number of nitrogens with zero attached hydrogens (tertiary/aromatic N) is 2. The molecule has 0 saturated carbocycles. The van der Waals surface area contributed by atoms with Crippen molar-refractivity contribution in [3.8, 4) is 0 Å². The molecule has 2 aliphatic rings. The maximum atomic E-state index is 13.0. The van der Waals surface area contributed by atoms with E-state index in [9.17, 15) is 14.4 Å². The first kappa shape index (κ1) is 22.7. The largest absolute Gasteiger partial charge is 0.459 e. The molecule has 1 saturated heterocycles. The average molecular weight is 474 g/mol. The molecule has 2 aliphatic heterocycles. The number of benzene rings is 2. The number of furan rings is 1. The summed E-state index contributed by atoms with van der Waals surface area (Å²) in [5, 5.41) is 2.76. The number of amides is 2. The lowest BCUT2D eigenvalue weighted by atomic mass is 9.93. The first-order chi connectivity index (χ1) is 17.1. The summed E-state index contributed by atoms with van der Waals surface area (Å²) in [6, 6.07) is 17.6. The Bertz CT molecular complexity index is 1200. The van der Waals surface area contributed by atoms with Crippen molar-refractivity contribution in [2.24, 2.45) is 0 Å². The van der Waals surface area contributed by atoms with Crippen LogP contribution < -0.4 is 10.2 Å². The van der Waals surface area contributed by atoms with Crippen LogP contribution in [0.2, 0.25) is 0 Å². The maximum Gasteiger partial charge on any atom is 0.329 e. The molecule has 3 aromatic rings. The van der Waals surface area contributed by atoms with Crippen molar-refractivity contribution < 1.29 is 23.5 Å². The van der Waals surface area contributed by atoms with E-state index < -0.39 is 30.4 Å². The fourth-order valence-electron chi connectivity index (χ4n) is 4.65. The highest BCUT2D eigenvalue weighted by Crippen LogP contribution is 2.26. The van der Waals surface area contributed by atoms with E-state index in [1.807, 2.05) is 48.5 Å². The van der Waals surface area contributed by atoms with E-state index in [0.29, 0.717) is 12.1 Å². The molecule has 35 heavy (non-hydrogen) atoms. The summed E-state index contributed by atoms with van der Waals surface area (Å²) in [6.07, 6.45) is 4.11. The Morgan fingerprint density at radius 3 is 2.40 bits per heavy atom. The fourth-order valence-corrected chi connectivity index (χ4v) is 4.65. The van der Waals surface area contributed by atoms with E-state index in [2.05, 4.69) is 10.2 Å². The first-order valence-electron chi connectivity index (χ1n) is 11.8. The number of carbonyl (C=O) groups is 3. The van der Waals surface area contributed by atoms with Gasteiger partial charge in [0, 0.05) is 37.4 Å². The molecule has 0 aliphatic carbocycles. The number of anilines is 2. The van der Waals surface area contributed by atoms with Gasteiger partial charge >= 0.3 is 5.97 Å². The zero-order valence-electron chi connectivity index (χ0n) is 19.3. The summed E-state index contributed by atoms with van der Waals surface area (Å²) < 4.78 is 10.6. The highest BCUT2D eigenvalue weighted by molar-refractivity contribution is 5.96. The Hall–Kier alpha value is -4.07. The average Bonchev–Trinajstić information content (AvgIpc) is 3.61. The highest BCUT2D eigenvalue weighted by Gasteiger charge is 2.37. The second-order valence-electron chi connectivity index (χ2n) is 8.80. The monoisotopic (exact) mass is 473 g/mol. The van der Waals surface area contributed by atoms with Crippen molar-refractivity contribution in [2.75, 3.05) is 29.9 Å². The van der Waals surface area contributed by atoms with Crippen molar-refractivity contribution in [2.45, 2.75) is 31.8 Å². The van der Waals surface area contributed by atoms with Crippen LogP contribution >= 0.6 is 0 Å². The molecule has 0 spiro atoms. The number of hydrogen-bond donors (Lipinski definition) is 1. The molecule has 1 fully saturated rings. The first-order valence-corrected chi connectivity index (χ1v) is 11.8. The molecule has 8 nitrogen and oxygen atoms in total. The van der Waals surface area contributed by atoms with Gasteiger partial charge in [-0.1, -0.05) is 24.3 Å². The smallest absolute Gasteiger partial charge is 0.329 e. The normalized spacial score (nSPS) is 17.1. The van der Waals surface area contributed by atoms with E-state index >= 15 is 0 Å². The zero-order chi connectivity index (χ0) is 24.2. The summed E-state index contributed by atoms with van der Waals surface area (Å²) >= 11 is 0. The summed E-state index contributed by atoms with van der Waals surface area (Å²) in [7, 11) is 0. The number of rotatable bonds is 6. The molecule has 8 heteroatoms. The van der Waals surface area contributed by atoms with E-state index in [1.54, 1.807) is 12.1 Å². The molecule has 0 bridgehead atoms. The third kappa shape index (κ3) is 5.06. The van der Waals surface area contributed by atoms with Crippen LogP contribution in [0.3, 0.4) is 0 Å². The molecule has 1 N–H and O–H groups in total. The quantitative estimate of drug-likeness (QED) is 0.550. The number of ether oxygens (including phenoxy) is 1. The van der Waals surface area contributed by atoms with Gasteiger partial charge in [-0.2, -0.15) is 0 Å². The third-order valence-electron chi connectivity index (χ3n) is 6.48. The van der Waals surface area contributed by atoms with E-state index in [-0.39, 0.29) is 12.3 Å². The molecule has 180 valence electrons. The molecular formula is C27H27N3O5. The van der Waals surface area contributed by atoms with E-state index in [4.69, 9.17) is 9.15 Å². The van der Waals surface area contributed by atoms with Crippen LogP contribution in [0.15, 0.2) is 71.3 Å². The summed E-state index contributed by atoms with van der Waals surface area (Å²) in [6.45, 7) is 1.91. The summed E-state index contributed by atoms with van der Waals surface area (Å²) in [5.41, 5.74) is 3.70. The van der Waals surface area contributed by atoms with Crippen LogP contribution in [0, 0.1) is 0 Å². The molecule has 0 unspecified atom stereocenters. The van der Waals surface area contributed by atoms with Crippen molar-refractivity contribution in [3.63, 3.8) is 0 Å². The van der Waals surface area contributed by atoms with Crippen molar-refractivity contribution in [1.29, 1.82) is 0 Å². The molecule has 1 aromatic heterocycles. The predicted molar refractivity (Wildman–Crippen MR) is 130 cm³/mol. The highest BCUT2D eigenvalue weighted by atomic mass is 16.5. The molecule has 2 aromatic carbocycles. The Labute approximate surface area is 203 Å². The summed E-state index contributed by atoms with van der Waals surface area (Å²) in [4.78, 5) is 42.2. The van der Waals surface area contributed by atoms with Crippen LogP contribution in [0.4, 0.5) is 11.4 Å². The second kappa shape index (κ2) is 10.0. The van der Waals surface area contributed by atoms with Gasteiger partial charge in [0.2, 0.25) is 0 Å². The van der Waals surface area contributed by atoms with Crippen molar-refractivity contribution in [1.82, 2.24) is 4.90 Å². The standard InChI is InChI=1S/C27H27N3O5/c31-25(28-21-9-11-22(12-10-21)29-13-3-4-14-29)18-35-27(33)23-16-19-6-1-2-7-20(19)17-30(23)26(32)24-8-5-15-34-24/h1-2,5-12,15,23H,3-4,13-14,16-18H2,(H,28,31)/t23-/m0/s1. The van der Waals surface area contributed by atoms with Gasteiger partial charge in [0.25, 0.3) is 11.8 Å². The summed E-state index contributed by atoms with van der Waals surface area (Å²) in [5.74, 6) is -1.31. The minimum atomic E-state index is -0.852. The lowest BCUT2D eigenvalue weighted by molar-refractivity contribution is -0.152. The van der Waals surface area contributed by atoms with Crippen LogP contribution in [-0.4, -0.2) is 48.4 Å². The van der Waals surface area contributed by atoms with E-state index in [0.717, 1.165) is 29.9 Å². The maximum absolute atomic E-state index is 13.0. The lowest BCUT2D eigenvalue weighted by Crippen LogP contribution is -2.49. The second-order valence-corrected chi connectivity index (χ2v) is 8.80. The molecule has 0 radical (unpaired) electrons. The Morgan fingerprint density at radius 1 is 0.943 bits per heavy atom. The SMILES string of the molecule is O=C(COC(=O)[C@@H]1Cc2ccccc2CN1C(=O)c1ccco1)Nc1ccc(N2CCCC2)cc1. The van der Waals surface area contributed by atoms with Crippen LogP contribution in [0.5, 0.6) is 0 Å². The predicted octanol–water partition coefficient (Wildman–Crippen LogP) is 3.63. The van der Waals surface area contributed by atoms with Crippen LogP contribution in [0.1, 0.15) is 34.5 Å². The van der Waals surface area contributed by atoms with Gasteiger partial charge in [0.1, 0.15) is 6.04 Å². The number of hydrogen-bond acceptors (Lipinski definition) is 6. The van der Waals surface area contributed by atoms with Gasteiger partial charge < -0.3 is 24.3 Å². The third-order valence-corrected chi connectivity index (χ3v) is 6.48. The zero-order valence-corrected chi connectivity index (χ0v) is 19.3. The fraction of sp³-hybridized carbons (Fsp3) is 0.296. The van der Waals surface area contributed by atoms with Crippen LogP contribution in [0.25, 0.3) is 0 Å². The van der Waals surface area contributed by atoms with Gasteiger partial charge in [0.15, 0.2) is 12.4 Å². The number of nitrogens with one attached hydrogen (secondary N) is 1. The number of esters is 1. The minimum Gasteiger partial charge on any atom is -0.459 e. The molecule has 1 atom stereocenters. The van der Waals surface area contributed by atoms with Crippen molar-refractivity contribution >= 4 is 29.2 Å².